The van der Waals surface area contributed by atoms with Gasteiger partial charge in [-0.3, -0.25) is 4.79 Å². The van der Waals surface area contributed by atoms with Gasteiger partial charge in [0.15, 0.2) is 0 Å². The third-order valence-corrected chi connectivity index (χ3v) is 3.90. The lowest BCUT2D eigenvalue weighted by molar-refractivity contribution is -0.128. The maximum Gasteiger partial charge on any atom is 0.264 e. The van der Waals surface area contributed by atoms with E-state index in [4.69, 9.17) is 11.6 Å². The highest BCUT2D eigenvalue weighted by molar-refractivity contribution is 6.27. The van der Waals surface area contributed by atoms with Crippen molar-refractivity contribution in [2.24, 2.45) is 0 Å². The number of piperazine rings is 1. The van der Waals surface area contributed by atoms with Gasteiger partial charge in [0.2, 0.25) is 5.91 Å². The molecule has 0 unspecified atom stereocenters. The van der Waals surface area contributed by atoms with Crippen molar-refractivity contribution >= 4 is 23.2 Å². The van der Waals surface area contributed by atoms with Crippen molar-refractivity contribution < 1.29 is 13.6 Å². The molecule has 0 atom stereocenters. The SMILES string of the molecule is Cc1c(C(F)F)cccc1N1CCN(C(=O)CCl)CC1. The van der Waals surface area contributed by atoms with Crippen LogP contribution in [0.3, 0.4) is 0 Å². The summed E-state index contributed by atoms with van der Waals surface area (Å²) in [5.74, 6) is -0.0933. The molecule has 6 heteroatoms. The molecule has 2 rings (SSSR count). The predicted molar refractivity (Wildman–Crippen MR) is 75.6 cm³/mol. The van der Waals surface area contributed by atoms with Crippen LogP contribution in [0.15, 0.2) is 18.2 Å². The number of rotatable bonds is 3. The van der Waals surface area contributed by atoms with E-state index in [0.717, 1.165) is 5.69 Å². The Hall–Kier alpha value is -1.36. The molecule has 0 spiro atoms. The van der Waals surface area contributed by atoms with E-state index in [1.807, 2.05) is 11.0 Å². The van der Waals surface area contributed by atoms with Crippen molar-refractivity contribution in [2.45, 2.75) is 13.3 Å². The maximum absolute atomic E-state index is 12.9. The Morgan fingerprint density at radius 1 is 1.30 bits per heavy atom. The Morgan fingerprint density at radius 3 is 2.50 bits per heavy atom. The lowest BCUT2D eigenvalue weighted by atomic mass is 10.1. The lowest BCUT2D eigenvalue weighted by Crippen LogP contribution is -2.49. The van der Waals surface area contributed by atoms with Crippen LogP contribution < -0.4 is 4.90 Å². The van der Waals surface area contributed by atoms with E-state index in [1.54, 1.807) is 17.9 Å². The van der Waals surface area contributed by atoms with Gasteiger partial charge in [0.1, 0.15) is 5.88 Å². The molecule has 110 valence electrons. The normalized spacial score (nSPS) is 15.8. The van der Waals surface area contributed by atoms with E-state index >= 15 is 0 Å². The summed E-state index contributed by atoms with van der Waals surface area (Å²) in [6.45, 7) is 4.13. The molecule has 1 aromatic rings. The van der Waals surface area contributed by atoms with Crippen molar-refractivity contribution in [2.75, 3.05) is 37.0 Å². The first kappa shape index (κ1) is 15.0. The summed E-state index contributed by atoms with van der Waals surface area (Å²) in [5.41, 5.74) is 1.50. The summed E-state index contributed by atoms with van der Waals surface area (Å²) >= 11 is 5.53. The molecule has 1 aliphatic heterocycles. The number of carbonyl (C=O) groups is 1. The molecular weight excluding hydrogens is 286 g/mol. The maximum atomic E-state index is 12.9. The molecule has 1 aromatic carbocycles. The van der Waals surface area contributed by atoms with E-state index in [1.165, 1.54) is 6.07 Å². The number of hydrogen-bond acceptors (Lipinski definition) is 2. The van der Waals surface area contributed by atoms with Crippen molar-refractivity contribution in [3.05, 3.63) is 29.3 Å². The molecule has 1 aliphatic rings. The highest BCUT2D eigenvalue weighted by atomic mass is 35.5. The van der Waals surface area contributed by atoms with Gasteiger partial charge in [0.25, 0.3) is 6.43 Å². The van der Waals surface area contributed by atoms with Crippen LogP contribution in [-0.2, 0) is 4.79 Å². The largest absolute Gasteiger partial charge is 0.368 e. The van der Waals surface area contributed by atoms with Gasteiger partial charge in [-0.1, -0.05) is 12.1 Å². The smallest absolute Gasteiger partial charge is 0.264 e. The molecule has 1 amide bonds. The second-order valence-electron chi connectivity index (χ2n) is 4.79. The summed E-state index contributed by atoms with van der Waals surface area (Å²) in [5, 5.41) is 0. The molecule has 0 N–H and O–H groups in total. The quantitative estimate of drug-likeness (QED) is 0.802. The number of halogens is 3. The van der Waals surface area contributed by atoms with Crippen LogP contribution in [-0.4, -0.2) is 42.9 Å². The number of benzene rings is 1. The lowest BCUT2D eigenvalue weighted by Gasteiger charge is -2.36. The van der Waals surface area contributed by atoms with Crippen molar-refractivity contribution in [1.82, 2.24) is 4.90 Å². The van der Waals surface area contributed by atoms with Gasteiger partial charge in [-0.25, -0.2) is 8.78 Å². The van der Waals surface area contributed by atoms with Crippen LogP contribution in [0.2, 0.25) is 0 Å². The number of nitrogens with zero attached hydrogens (tertiary/aromatic N) is 2. The number of alkyl halides is 3. The molecule has 1 saturated heterocycles. The van der Waals surface area contributed by atoms with Gasteiger partial charge in [0.05, 0.1) is 0 Å². The first-order valence-corrected chi connectivity index (χ1v) is 7.04. The topological polar surface area (TPSA) is 23.6 Å². The van der Waals surface area contributed by atoms with Crippen LogP contribution in [0.25, 0.3) is 0 Å². The van der Waals surface area contributed by atoms with E-state index in [-0.39, 0.29) is 17.4 Å². The van der Waals surface area contributed by atoms with Crippen LogP contribution in [0.5, 0.6) is 0 Å². The van der Waals surface area contributed by atoms with Gasteiger partial charge in [-0.15, -0.1) is 11.6 Å². The van der Waals surface area contributed by atoms with Gasteiger partial charge in [-0.05, 0) is 18.6 Å². The van der Waals surface area contributed by atoms with E-state index < -0.39 is 6.43 Å². The fraction of sp³-hybridized carbons (Fsp3) is 0.500. The van der Waals surface area contributed by atoms with Gasteiger partial charge in [-0.2, -0.15) is 0 Å². The molecule has 0 saturated carbocycles. The highest BCUT2D eigenvalue weighted by Crippen LogP contribution is 2.30. The first-order chi connectivity index (χ1) is 9.54. The minimum absolute atomic E-state index is 0.0140. The van der Waals surface area contributed by atoms with Gasteiger partial charge in [0, 0.05) is 37.4 Å². The molecule has 0 bridgehead atoms. The average molecular weight is 303 g/mol. The Bertz CT molecular complexity index is 488. The summed E-state index contributed by atoms with van der Waals surface area (Å²) < 4.78 is 25.8. The molecule has 20 heavy (non-hydrogen) atoms. The van der Waals surface area contributed by atoms with Crippen molar-refractivity contribution in [3.63, 3.8) is 0 Å². The van der Waals surface area contributed by atoms with Crippen LogP contribution in [0, 0.1) is 6.92 Å². The number of carbonyl (C=O) groups excluding carboxylic acids is 1. The molecule has 1 fully saturated rings. The van der Waals surface area contributed by atoms with Crippen molar-refractivity contribution in [1.29, 1.82) is 0 Å². The zero-order chi connectivity index (χ0) is 14.7. The second kappa shape index (κ2) is 6.39. The fourth-order valence-electron chi connectivity index (χ4n) is 2.50. The fourth-order valence-corrected chi connectivity index (χ4v) is 2.67. The Balaban J connectivity index is 2.11. The Kier molecular flexibility index (Phi) is 4.81. The van der Waals surface area contributed by atoms with Crippen LogP contribution in [0.4, 0.5) is 14.5 Å². The van der Waals surface area contributed by atoms with Gasteiger partial charge < -0.3 is 9.80 Å². The zero-order valence-corrected chi connectivity index (χ0v) is 12.0. The Labute approximate surface area is 122 Å². The van der Waals surface area contributed by atoms with E-state index in [0.29, 0.717) is 31.7 Å². The van der Waals surface area contributed by atoms with E-state index in [2.05, 4.69) is 0 Å². The second-order valence-corrected chi connectivity index (χ2v) is 5.06. The summed E-state index contributed by atoms with van der Waals surface area (Å²) in [6, 6.07) is 4.96. The third kappa shape index (κ3) is 3.03. The summed E-state index contributed by atoms with van der Waals surface area (Å²) in [7, 11) is 0. The van der Waals surface area contributed by atoms with Crippen LogP contribution >= 0.6 is 11.6 Å². The molecule has 0 aromatic heterocycles. The first-order valence-electron chi connectivity index (χ1n) is 6.51. The average Bonchev–Trinajstić information content (AvgIpc) is 2.46. The van der Waals surface area contributed by atoms with Crippen LogP contribution in [0.1, 0.15) is 17.6 Å². The zero-order valence-electron chi connectivity index (χ0n) is 11.3. The highest BCUT2D eigenvalue weighted by Gasteiger charge is 2.23. The van der Waals surface area contributed by atoms with Crippen molar-refractivity contribution in [3.8, 4) is 0 Å². The molecule has 3 nitrogen and oxygen atoms in total. The molecule has 0 radical (unpaired) electrons. The third-order valence-electron chi connectivity index (χ3n) is 3.67. The number of hydrogen-bond donors (Lipinski definition) is 0. The predicted octanol–water partition coefficient (Wildman–Crippen LogP) is 2.82. The summed E-state index contributed by atoms with van der Waals surface area (Å²) in [6.07, 6.45) is -2.46. The minimum atomic E-state index is -2.46. The molecular formula is C14H17ClF2N2O. The molecule has 1 heterocycles. The minimum Gasteiger partial charge on any atom is -0.368 e. The number of anilines is 1. The van der Waals surface area contributed by atoms with E-state index in [9.17, 15) is 13.6 Å². The Morgan fingerprint density at radius 2 is 1.95 bits per heavy atom. The summed E-state index contributed by atoms with van der Waals surface area (Å²) in [4.78, 5) is 15.2. The number of amides is 1. The standard InChI is InChI=1S/C14H17ClF2N2O/c1-10-11(14(16)17)3-2-4-12(10)18-5-7-19(8-6-18)13(20)9-15/h2-4,14H,5-9H2,1H3. The van der Waals surface area contributed by atoms with Gasteiger partial charge >= 0.3 is 0 Å². The monoisotopic (exact) mass is 302 g/mol. The molecule has 0 aliphatic carbocycles.